The SMILES string of the molecule is Nc1noc(-c2ncccn2)c1Br. The summed E-state index contributed by atoms with van der Waals surface area (Å²) in [6.07, 6.45) is 3.24. The monoisotopic (exact) mass is 240 g/mol. The average Bonchev–Trinajstić information content (AvgIpc) is 2.49. The predicted octanol–water partition coefficient (Wildman–Crippen LogP) is 1.48. The van der Waals surface area contributed by atoms with Crippen molar-refractivity contribution in [2.24, 2.45) is 0 Å². The molecule has 0 aliphatic heterocycles. The summed E-state index contributed by atoms with van der Waals surface area (Å²) in [6.45, 7) is 0. The molecule has 0 fully saturated rings. The molecule has 0 atom stereocenters. The first-order chi connectivity index (χ1) is 6.29. The molecular weight excluding hydrogens is 236 g/mol. The summed E-state index contributed by atoms with van der Waals surface area (Å²) in [5, 5.41) is 3.57. The summed E-state index contributed by atoms with van der Waals surface area (Å²) < 4.78 is 5.52. The third-order valence-corrected chi connectivity index (χ3v) is 2.19. The van der Waals surface area contributed by atoms with Crippen LogP contribution in [0.4, 0.5) is 5.82 Å². The molecule has 0 saturated heterocycles. The Hall–Kier alpha value is -1.43. The van der Waals surface area contributed by atoms with Crippen LogP contribution in [0.3, 0.4) is 0 Å². The highest BCUT2D eigenvalue weighted by molar-refractivity contribution is 9.10. The van der Waals surface area contributed by atoms with Gasteiger partial charge in [0.1, 0.15) is 4.47 Å². The topological polar surface area (TPSA) is 77.8 Å². The third-order valence-electron chi connectivity index (χ3n) is 1.43. The fourth-order valence-electron chi connectivity index (χ4n) is 0.847. The zero-order valence-electron chi connectivity index (χ0n) is 6.44. The molecule has 0 saturated carbocycles. The van der Waals surface area contributed by atoms with Gasteiger partial charge in [0, 0.05) is 12.4 Å². The van der Waals surface area contributed by atoms with E-state index in [1.54, 1.807) is 18.5 Å². The number of hydrogen-bond donors (Lipinski definition) is 1. The van der Waals surface area contributed by atoms with Crippen LogP contribution in [-0.4, -0.2) is 15.1 Å². The smallest absolute Gasteiger partial charge is 0.220 e. The lowest BCUT2D eigenvalue weighted by molar-refractivity contribution is 0.432. The van der Waals surface area contributed by atoms with Crippen molar-refractivity contribution in [3.05, 3.63) is 22.9 Å². The summed E-state index contributed by atoms with van der Waals surface area (Å²) in [7, 11) is 0. The number of nitrogens with zero attached hydrogens (tertiary/aromatic N) is 3. The lowest BCUT2D eigenvalue weighted by Crippen LogP contribution is -1.86. The Bertz CT molecular complexity index is 414. The first kappa shape index (κ1) is 8.18. The van der Waals surface area contributed by atoms with Crippen molar-refractivity contribution in [1.29, 1.82) is 0 Å². The first-order valence-corrected chi connectivity index (χ1v) is 4.26. The van der Waals surface area contributed by atoms with Gasteiger partial charge in [-0.1, -0.05) is 5.16 Å². The van der Waals surface area contributed by atoms with Crippen molar-refractivity contribution >= 4 is 21.7 Å². The van der Waals surface area contributed by atoms with Crippen LogP contribution in [0.15, 0.2) is 27.5 Å². The molecule has 0 aliphatic rings. The van der Waals surface area contributed by atoms with Gasteiger partial charge in [-0.15, -0.1) is 0 Å². The van der Waals surface area contributed by atoms with E-state index in [1.807, 2.05) is 0 Å². The van der Waals surface area contributed by atoms with Crippen molar-refractivity contribution in [2.75, 3.05) is 5.73 Å². The number of anilines is 1. The lowest BCUT2D eigenvalue weighted by atomic mass is 10.4. The fourth-order valence-corrected chi connectivity index (χ4v) is 1.17. The van der Waals surface area contributed by atoms with Gasteiger partial charge >= 0.3 is 0 Å². The zero-order chi connectivity index (χ0) is 9.26. The molecule has 0 spiro atoms. The Kier molecular flexibility index (Phi) is 1.97. The van der Waals surface area contributed by atoms with Gasteiger partial charge in [-0.3, -0.25) is 0 Å². The maximum absolute atomic E-state index is 5.47. The van der Waals surface area contributed by atoms with E-state index < -0.39 is 0 Å². The molecule has 0 bridgehead atoms. The molecule has 0 radical (unpaired) electrons. The average molecular weight is 241 g/mol. The lowest BCUT2D eigenvalue weighted by Gasteiger charge is -1.91. The van der Waals surface area contributed by atoms with Crippen LogP contribution in [-0.2, 0) is 0 Å². The summed E-state index contributed by atoms with van der Waals surface area (Å²) in [5.74, 6) is 1.19. The van der Waals surface area contributed by atoms with E-state index in [2.05, 4.69) is 31.1 Å². The van der Waals surface area contributed by atoms with E-state index in [4.69, 9.17) is 10.3 Å². The molecule has 13 heavy (non-hydrogen) atoms. The molecular formula is C7H5BrN4O. The number of nitrogen functional groups attached to an aromatic ring is 1. The van der Waals surface area contributed by atoms with E-state index >= 15 is 0 Å². The minimum atomic E-state index is 0.294. The molecule has 2 N–H and O–H groups in total. The quantitative estimate of drug-likeness (QED) is 0.817. The second kappa shape index (κ2) is 3.14. The second-order valence-electron chi connectivity index (χ2n) is 2.28. The van der Waals surface area contributed by atoms with E-state index in [9.17, 15) is 0 Å². The van der Waals surface area contributed by atoms with Gasteiger partial charge in [0.2, 0.25) is 5.76 Å². The van der Waals surface area contributed by atoms with Gasteiger partial charge in [-0.05, 0) is 22.0 Å². The third kappa shape index (κ3) is 1.40. The molecule has 66 valence electrons. The number of nitrogens with two attached hydrogens (primary N) is 1. The largest absolute Gasteiger partial charge is 0.380 e. The Morgan fingerprint density at radius 1 is 1.31 bits per heavy atom. The molecule has 2 heterocycles. The number of aromatic nitrogens is 3. The Labute approximate surface area is 82.1 Å². The van der Waals surface area contributed by atoms with Crippen molar-refractivity contribution in [2.45, 2.75) is 0 Å². The fraction of sp³-hybridized carbons (Fsp3) is 0. The van der Waals surface area contributed by atoms with Gasteiger partial charge in [-0.2, -0.15) is 0 Å². The van der Waals surface area contributed by atoms with Gasteiger partial charge in [-0.25, -0.2) is 9.97 Å². The van der Waals surface area contributed by atoms with Crippen molar-refractivity contribution in [3.8, 4) is 11.6 Å². The minimum Gasteiger partial charge on any atom is -0.380 e. The standard InChI is InChI=1S/C7H5BrN4O/c8-4-5(13-12-6(4)9)7-10-2-1-3-11-7/h1-3H,(H2,9,12). The molecule has 2 rings (SSSR count). The van der Waals surface area contributed by atoms with Crippen LogP contribution < -0.4 is 5.73 Å². The molecule has 2 aromatic rings. The van der Waals surface area contributed by atoms with Gasteiger partial charge in [0.05, 0.1) is 0 Å². The highest BCUT2D eigenvalue weighted by atomic mass is 79.9. The predicted molar refractivity (Wildman–Crippen MR) is 49.6 cm³/mol. The van der Waals surface area contributed by atoms with Crippen LogP contribution >= 0.6 is 15.9 Å². The number of hydrogen-bond acceptors (Lipinski definition) is 5. The normalized spacial score (nSPS) is 10.2. The summed E-state index contributed by atoms with van der Waals surface area (Å²) in [4.78, 5) is 7.99. The zero-order valence-corrected chi connectivity index (χ0v) is 8.02. The maximum atomic E-state index is 5.47. The Morgan fingerprint density at radius 3 is 2.54 bits per heavy atom. The van der Waals surface area contributed by atoms with E-state index in [0.717, 1.165) is 0 Å². The molecule has 0 amide bonds. The summed E-state index contributed by atoms with van der Waals surface area (Å²) in [5.41, 5.74) is 5.47. The van der Waals surface area contributed by atoms with Crippen molar-refractivity contribution < 1.29 is 4.52 Å². The Balaban J connectivity index is 2.53. The highest BCUT2D eigenvalue weighted by Gasteiger charge is 2.14. The molecule has 0 aliphatic carbocycles. The maximum Gasteiger partial charge on any atom is 0.220 e. The van der Waals surface area contributed by atoms with E-state index in [-0.39, 0.29) is 0 Å². The number of rotatable bonds is 1. The Morgan fingerprint density at radius 2 is 2.00 bits per heavy atom. The molecule has 0 unspecified atom stereocenters. The van der Waals surface area contributed by atoms with Gasteiger partial charge in [0.15, 0.2) is 11.6 Å². The second-order valence-corrected chi connectivity index (χ2v) is 3.08. The molecule has 5 nitrogen and oxygen atoms in total. The first-order valence-electron chi connectivity index (χ1n) is 3.47. The van der Waals surface area contributed by atoms with Gasteiger partial charge < -0.3 is 10.3 Å². The van der Waals surface area contributed by atoms with Crippen molar-refractivity contribution in [1.82, 2.24) is 15.1 Å². The van der Waals surface area contributed by atoms with E-state index in [1.165, 1.54) is 0 Å². The molecule has 2 aromatic heterocycles. The summed E-state index contributed by atoms with van der Waals surface area (Å²) in [6, 6.07) is 1.72. The minimum absolute atomic E-state index is 0.294. The van der Waals surface area contributed by atoms with E-state index in [0.29, 0.717) is 21.9 Å². The van der Waals surface area contributed by atoms with Crippen molar-refractivity contribution in [3.63, 3.8) is 0 Å². The van der Waals surface area contributed by atoms with Crippen LogP contribution in [0, 0.1) is 0 Å². The van der Waals surface area contributed by atoms with Crippen LogP contribution in [0.1, 0.15) is 0 Å². The number of halogens is 1. The van der Waals surface area contributed by atoms with Crippen LogP contribution in [0.5, 0.6) is 0 Å². The van der Waals surface area contributed by atoms with Crippen LogP contribution in [0.2, 0.25) is 0 Å². The highest BCUT2D eigenvalue weighted by Crippen LogP contribution is 2.29. The van der Waals surface area contributed by atoms with Gasteiger partial charge in [0.25, 0.3) is 0 Å². The summed E-state index contributed by atoms with van der Waals surface area (Å²) >= 11 is 3.23. The molecule has 0 aromatic carbocycles. The van der Waals surface area contributed by atoms with Crippen LogP contribution in [0.25, 0.3) is 11.6 Å². The molecule has 6 heteroatoms.